The Labute approximate surface area is 97.0 Å². The lowest BCUT2D eigenvalue weighted by Gasteiger charge is -2.15. The van der Waals surface area contributed by atoms with Crippen molar-refractivity contribution in [2.75, 3.05) is 13.1 Å². The molecule has 0 aliphatic rings. The quantitative estimate of drug-likeness (QED) is 0.608. The third-order valence-electron chi connectivity index (χ3n) is 3.14. The molecule has 0 aromatic heterocycles. The Morgan fingerprint density at radius 2 is 1.47 bits per heavy atom. The molecule has 0 saturated heterocycles. The minimum absolute atomic E-state index is 0.775. The normalized spacial score (nSPS) is 15.6. The minimum atomic E-state index is 0.775. The van der Waals surface area contributed by atoms with Crippen molar-refractivity contribution < 1.29 is 0 Å². The van der Waals surface area contributed by atoms with Crippen LogP contribution < -0.4 is 5.32 Å². The fourth-order valence-electron chi connectivity index (χ4n) is 1.74. The van der Waals surface area contributed by atoms with Gasteiger partial charge in [0.25, 0.3) is 0 Å². The molecule has 0 spiro atoms. The lowest BCUT2D eigenvalue weighted by molar-refractivity contribution is 0.409. The number of rotatable bonds is 9. The highest BCUT2D eigenvalue weighted by Crippen LogP contribution is 2.14. The smallest absolute Gasteiger partial charge is 0.00230 e. The van der Waals surface area contributed by atoms with E-state index in [4.69, 9.17) is 0 Å². The number of hydrogen-bond donors (Lipinski definition) is 1. The first-order chi connectivity index (χ1) is 7.06. The van der Waals surface area contributed by atoms with Crippen LogP contribution in [0.25, 0.3) is 0 Å². The van der Waals surface area contributed by atoms with Gasteiger partial charge in [0, 0.05) is 0 Å². The fourth-order valence-corrected chi connectivity index (χ4v) is 1.74. The standard InChI is InChI=1S/C14H31N/c1-6-13(4)8-7-9-14(5)11-15-10-12(2)3/h12-15H,6-11H2,1-5H3. The summed E-state index contributed by atoms with van der Waals surface area (Å²) in [7, 11) is 0. The molecule has 1 heteroatoms. The summed E-state index contributed by atoms with van der Waals surface area (Å²) in [6, 6.07) is 0. The van der Waals surface area contributed by atoms with Gasteiger partial charge in [0.15, 0.2) is 0 Å². The summed E-state index contributed by atoms with van der Waals surface area (Å²) in [6.07, 6.45) is 5.53. The molecule has 0 saturated carbocycles. The SMILES string of the molecule is CCC(C)CCCC(C)CNCC(C)C. The second-order valence-corrected chi connectivity index (χ2v) is 5.60. The third kappa shape index (κ3) is 10.2. The van der Waals surface area contributed by atoms with Crippen LogP contribution in [0.1, 0.15) is 60.3 Å². The van der Waals surface area contributed by atoms with Gasteiger partial charge in [0.05, 0.1) is 0 Å². The van der Waals surface area contributed by atoms with Crippen LogP contribution in [0.4, 0.5) is 0 Å². The molecule has 0 aliphatic carbocycles. The topological polar surface area (TPSA) is 12.0 Å². The predicted octanol–water partition coefficient (Wildman–Crippen LogP) is 4.08. The first-order valence-electron chi connectivity index (χ1n) is 6.76. The molecule has 0 aromatic rings. The summed E-state index contributed by atoms with van der Waals surface area (Å²) in [4.78, 5) is 0. The summed E-state index contributed by atoms with van der Waals surface area (Å²) in [5, 5.41) is 3.54. The van der Waals surface area contributed by atoms with Crippen molar-refractivity contribution in [3.05, 3.63) is 0 Å². The van der Waals surface area contributed by atoms with Crippen molar-refractivity contribution in [1.82, 2.24) is 5.32 Å². The molecule has 0 amide bonds. The Kier molecular flexibility index (Phi) is 9.18. The summed E-state index contributed by atoms with van der Waals surface area (Å²) < 4.78 is 0. The monoisotopic (exact) mass is 213 g/mol. The second-order valence-electron chi connectivity index (χ2n) is 5.60. The molecule has 0 heterocycles. The van der Waals surface area contributed by atoms with Gasteiger partial charge in [-0.3, -0.25) is 0 Å². The van der Waals surface area contributed by atoms with Crippen molar-refractivity contribution in [2.24, 2.45) is 17.8 Å². The molecule has 0 rings (SSSR count). The van der Waals surface area contributed by atoms with E-state index in [1.165, 1.54) is 32.2 Å². The Hall–Kier alpha value is -0.0400. The molecular formula is C14H31N. The van der Waals surface area contributed by atoms with Crippen molar-refractivity contribution in [3.8, 4) is 0 Å². The first-order valence-corrected chi connectivity index (χ1v) is 6.76. The molecule has 2 unspecified atom stereocenters. The maximum atomic E-state index is 3.54. The Morgan fingerprint density at radius 3 is 2.00 bits per heavy atom. The van der Waals surface area contributed by atoms with Crippen molar-refractivity contribution in [1.29, 1.82) is 0 Å². The van der Waals surface area contributed by atoms with E-state index in [0.29, 0.717) is 0 Å². The molecule has 2 atom stereocenters. The molecule has 0 bridgehead atoms. The van der Waals surface area contributed by atoms with E-state index < -0.39 is 0 Å². The van der Waals surface area contributed by atoms with E-state index in [1.54, 1.807) is 0 Å². The molecule has 0 aliphatic heterocycles. The van der Waals surface area contributed by atoms with Gasteiger partial charge in [-0.2, -0.15) is 0 Å². The van der Waals surface area contributed by atoms with Gasteiger partial charge in [-0.05, 0) is 37.3 Å². The third-order valence-corrected chi connectivity index (χ3v) is 3.14. The zero-order valence-corrected chi connectivity index (χ0v) is 11.5. The maximum Gasteiger partial charge on any atom is -0.00230 e. The zero-order chi connectivity index (χ0) is 11.7. The van der Waals surface area contributed by atoms with Gasteiger partial charge in [-0.15, -0.1) is 0 Å². The fraction of sp³-hybridized carbons (Fsp3) is 1.00. The maximum absolute atomic E-state index is 3.54. The van der Waals surface area contributed by atoms with E-state index in [2.05, 4.69) is 39.9 Å². The highest BCUT2D eigenvalue weighted by atomic mass is 14.9. The molecule has 1 N–H and O–H groups in total. The predicted molar refractivity (Wildman–Crippen MR) is 70.2 cm³/mol. The van der Waals surface area contributed by atoms with Crippen LogP contribution in [0, 0.1) is 17.8 Å². The van der Waals surface area contributed by atoms with E-state index in [-0.39, 0.29) is 0 Å². The average Bonchev–Trinajstić information content (AvgIpc) is 2.17. The first kappa shape index (κ1) is 15.0. The van der Waals surface area contributed by atoms with Gasteiger partial charge in [-0.1, -0.05) is 53.9 Å². The molecule has 0 radical (unpaired) electrons. The molecule has 0 fully saturated rings. The summed E-state index contributed by atoms with van der Waals surface area (Å²) in [6.45, 7) is 13.9. The van der Waals surface area contributed by atoms with Gasteiger partial charge in [-0.25, -0.2) is 0 Å². The molecule has 0 aromatic carbocycles. The highest BCUT2D eigenvalue weighted by Gasteiger charge is 2.04. The van der Waals surface area contributed by atoms with Gasteiger partial charge in [0.2, 0.25) is 0 Å². The van der Waals surface area contributed by atoms with Gasteiger partial charge in [0.1, 0.15) is 0 Å². The number of nitrogens with one attached hydrogen (secondary N) is 1. The molecular weight excluding hydrogens is 182 g/mol. The van der Waals surface area contributed by atoms with Crippen LogP contribution in [0.5, 0.6) is 0 Å². The minimum Gasteiger partial charge on any atom is -0.316 e. The number of hydrogen-bond acceptors (Lipinski definition) is 1. The lowest BCUT2D eigenvalue weighted by Crippen LogP contribution is -2.25. The summed E-state index contributed by atoms with van der Waals surface area (Å²) in [5.41, 5.74) is 0. The van der Waals surface area contributed by atoms with E-state index >= 15 is 0 Å². The van der Waals surface area contributed by atoms with Crippen molar-refractivity contribution in [3.63, 3.8) is 0 Å². The van der Waals surface area contributed by atoms with Crippen LogP contribution in [-0.2, 0) is 0 Å². The van der Waals surface area contributed by atoms with E-state index in [0.717, 1.165) is 24.3 Å². The van der Waals surface area contributed by atoms with Crippen molar-refractivity contribution >= 4 is 0 Å². The van der Waals surface area contributed by atoms with Gasteiger partial charge >= 0.3 is 0 Å². The second kappa shape index (κ2) is 9.21. The molecule has 92 valence electrons. The zero-order valence-electron chi connectivity index (χ0n) is 11.5. The van der Waals surface area contributed by atoms with Crippen LogP contribution in [0.15, 0.2) is 0 Å². The summed E-state index contributed by atoms with van der Waals surface area (Å²) >= 11 is 0. The highest BCUT2D eigenvalue weighted by molar-refractivity contribution is 4.60. The Morgan fingerprint density at radius 1 is 0.867 bits per heavy atom. The molecule has 1 nitrogen and oxygen atoms in total. The Balaban J connectivity index is 3.29. The molecule has 15 heavy (non-hydrogen) atoms. The van der Waals surface area contributed by atoms with E-state index in [1.807, 2.05) is 0 Å². The van der Waals surface area contributed by atoms with Crippen molar-refractivity contribution in [2.45, 2.75) is 60.3 Å². The average molecular weight is 213 g/mol. The van der Waals surface area contributed by atoms with E-state index in [9.17, 15) is 0 Å². The van der Waals surface area contributed by atoms with Crippen LogP contribution in [0.2, 0.25) is 0 Å². The van der Waals surface area contributed by atoms with Crippen LogP contribution in [-0.4, -0.2) is 13.1 Å². The largest absolute Gasteiger partial charge is 0.316 e. The van der Waals surface area contributed by atoms with Gasteiger partial charge < -0.3 is 5.32 Å². The van der Waals surface area contributed by atoms with Crippen LogP contribution >= 0.6 is 0 Å². The Bertz CT molecular complexity index is 131. The summed E-state index contributed by atoms with van der Waals surface area (Å²) in [5.74, 6) is 2.53. The lowest BCUT2D eigenvalue weighted by atomic mass is 9.97. The van der Waals surface area contributed by atoms with Crippen LogP contribution in [0.3, 0.4) is 0 Å².